The normalized spacial score (nSPS) is 10.4. The molecule has 2 amide bonds. The minimum atomic E-state index is -0.456. The zero-order valence-electron chi connectivity index (χ0n) is 11.5. The number of amides is 2. The lowest BCUT2D eigenvalue weighted by Crippen LogP contribution is -2.38. The van der Waals surface area contributed by atoms with Crippen molar-refractivity contribution in [2.45, 2.75) is 6.54 Å². The molecule has 0 aliphatic rings. The van der Waals surface area contributed by atoms with Gasteiger partial charge in [-0.25, -0.2) is 19.6 Å². The first-order valence-corrected chi connectivity index (χ1v) is 7.43. The quantitative estimate of drug-likeness (QED) is 0.647. The molecule has 3 N–H and O–H groups in total. The van der Waals surface area contributed by atoms with Crippen LogP contribution in [0.4, 0.5) is 14.3 Å². The van der Waals surface area contributed by atoms with Crippen molar-refractivity contribution in [3.8, 4) is 0 Å². The summed E-state index contributed by atoms with van der Waals surface area (Å²) in [5.74, 6) is -0.345. The van der Waals surface area contributed by atoms with E-state index >= 15 is 0 Å². The number of nitrogens with zero attached hydrogens (tertiary/aromatic N) is 1. The largest absolute Gasteiger partial charge is 0.333 e. The Hall–Kier alpha value is -2.67. The summed E-state index contributed by atoms with van der Waals surface area (Å²) in [5.41, 5.74) is 6.50. The van der Waals surface area contributed by atoms with Gasteiger partial charge in [-0.2, -0.15) is 0 Å². The van der Waals surface area contributed by atoms with Crippen molar-refractivity contribution in [2.24, 2.45) is 0 Å². The number of para-hydroxylation sites is 1. The van der Waals surface area contributed by atoms with Gasteiger partial charge in [0.2, 0.25) is 5.13 Å². The molecule has 3 aromatic rings. The number of nitrogens with one attached hydrogen (secondary N) is 3. The second kappa shape index (κ2) is 6.40. The summed E-state index contributed by atoms with van der Waals surface area (Å²) >= 11 is 1.43. The maximum atomic E-state index is 13.4. The summed E-state index contributed by atoms with van der Waals surface area (Å²) in [7, 11) is 0. The molecule has 112 valence electrons. The van der Waals surface area contributed by atoms with Gasteiger partial charge in [-0.1, -0.05) is 41.7 Å². The van der Waals surface area contributed by atoms with Gasteiger partial charge in [-0.3, -0.25) is 5.43 Å². The van der Waals surface area contributed by atoms with E-state index in [0.717, 1.165) is 10.2 Å². The minimum Gasteiger partial charge on any atom is -0.333 e. The predicted octanol–water partition coefficient (Wildman–Crippen LogP) is 3.26. The summed E-state index contributed by atoms with van der Waals surface area (Å²) in [4.78, 5) is 16.0. The predicted molar refractivity (Wildman–Crippen MR) is 85.0 cm³/mol. The van der Waals surface area contributed by atoms with E-state index in [4.69, 9.17) is 0 Å². The van der Waals surface area contributed by atoms with E-state index in [1.807, 2.05) is 24.3 Å². The Morgan fingerprint density at radius 2 is 1.91 bits per heavy atom. The molecule has 0 unspecified atom stereocenters. The molecule has 0 fully saturated rings. The van der Waals surface area contributed by atoms with Gasteiger partial charge >= 0.3 is 6.03 Å². The Bertz CT molecular complexity index is 772. The number of rotatable bonds is 4. The number of benzene rings is 2. The fraction of sp³-hybridized carbons (Fsp3) is 0.0667. The van der Waals surface area contributed by atoms with Crippen molar-refractivity contribution >= 4 is 32.7 Å². The standard InChI is InChI=1S/C15H13FN4OS/c16-11-6-2-1-5-10(11)9-17-14(21)19-20-15-18-12-7-3-4-8-13(12)22-15/h1-8H,9H2,(H,18,20)(H2,17,19,21). The van der Waals surface area contributed by atoms with Crippen molar-refractivity contribution in [1.29, 1.82) is 0 Å². The first-order valence-electron chi connectivity index (χ1n) is 6.61. The zero-order chi connectivity index (χ0) is 15.4. The molecule has 1 aromatic heterocycles. The molecule has 22 heavy (non-hydrogen) atoms. The second-order valence-electron chi connectivity index (χ2n) is 4.51. The van der Waals surface area contributed by atoms with Crippen LogP contribution in [0.3, 0.4) is 0 Å². The lowest BCUT2D eigenvalue weighted by Gasteiger charge is -2.08. The molecule has 7 heteroatoms. The number of anilines is 1. The number of hydrogen-bond acceptors (Lipinski definition) is 4. The van der Waals surface area contributed by atoms with Gasteiger partial charge in [0.1, 0.15) is 5.82 Å². The number of halogens is 1. The smallest absolute Gasteiger partial charge is 0.333 e. The van der Waals surface area contributed by atoms with Gasteiger partial charge in [0.25, 0.3) is 0 Å². The van der Waals surface area contributed by atoms with Crippen LogP contribution in [-0.4, -0.2) is 11.0 Å². The Morgan fingerprint density at radius 1 is 1.14 bits per heavy atom. The average molecular weight is 316 g/mol. The highest BCUT2D eigenvalue weighted by Crippen LogP contribution is 2.24. The molecule has 0 saturated heterocycles. The molecule has 0 saturated carbocycles. The fourth-order valence-electron chi connectivity index (χ4n) is 1.90. The maximum absolute atomic E-state index is 13.4. The van der Waals surface area contributed by atoms with E-state index in [1.165, 1.54) is 17.4 Å². The molecule has 0 aliphatic heterocycles. The molecular weight excluding hydrogens is 303 g/mol. The Kier molecular flexibility index (Phi) is 4.15. The van der Waals surface area contributed by atoms with Crippen LogP contribution in [0.2, 0.25) is 0 Å². The number of thiazole rings is 1. The first kappa shape index (κ1) is 14.3. The molecule has 0 bridgehead atoms. The number of hydrazine groups is 1. The van der Waals surface area contributed by atoms with Gasteiger partial charge in [0, 0.05) is 12.1 Å². The van der Waals surface area contributed by atoms with Crippen molar-refractivity contribution in [2.75, 3.05) is 5.43 Å². The van der Waals surface area contributed by atoms with Crippen LogP contribution in [0, 0.1) is 5.82 Å². The van der Waals surface area contributed by atoms with Gasteiger partial charge in [0.05, 0.1) is 10.2 Å². The molecule has 2 aromatic carbocycles. The highest BCUT2D eigenvalue weighted by atomic mass is 32.1. The van der Waals surface area contributed by atoms with E-state index in [9.17, 15) is 9.18 Å². The molecule has 0 aliphatic carbocycles. The number of fused-ring (bicyclic) bond motifs is 1. The summed E-state index contributed by atoms with van der Waals surface area (Å²) in [5, 5.41) is 3.15. The highest BCUT2D eigenvalue weighted by molar-refractivity contribution is 7.22. The number of carbonyl (C=O) groups excluding carboxylic acids is 1. The van der Waals surface area contributed by atoms with Crippen LogP contribution in [0.1, 0.15) is 5.56 Å². The molecule has 5 nitrogen and oxygen atoms in total. The van der Waals surface area contributed by atoms with Crippen LogP contribution >= 0.6 is 11.3 Å². The maximum Gasteiger partial charge on any atom is 0.333 e. The van der Waals surface area contributed by atoms with E-state index < -0.39 is 6.03 Å². The Balaban J connectivity index is 1.53. The monoisotopic (exact) mass is 316 g/mol. The van der Waals surface area contributed by atoms with Gasteiger partial charge < -0.3 is 5.32 Å². The third kappa shape index (κ3) is 3.32. The van der Waals surface area contributed by atoms with Gasteiger partial charge in [-0.05, 0) is 18.2 Å². The third-order valence-corrected chi connectivity index (χ3v) is 3.93. The van der Waals surface area contributed by atoms with Crippen LogP contribution in [0.25, 0.3) is 10.2 Å². The van der Waals surface area contributed by atoms with E-state index in [1.54, 1.807) is 18.2 Å². The number of aromatic nitrogens is 1. The van der Waals surface area contributed by atoms with Crippen molar-refractivity contribution in [3.05, 3.63) is 59.9 Å². The van der Waals surface area contributed by atoms with Gasteiger partial charge in [0.15, 0.2) is 0 Å². The summed E-state index contributed by atoms with van der Waals surface area (Å²) in [6.45, 7) is 0.111. The minimum absolute atomic E-state index is 0.111. The van der Waals surface area contributed by atoms with Crippen LogP contribution < -0.4 is 16.2 Å². The second-order valence-corrected chi connectivity index (χ2v) is 5.54. The van der Waals surface area contributed by atoms with Crippen molar-refractivity contribution < 1.29 is 9.18 Å². The van der Waals surface area contributed by atoms with Crippen molar-refractivity contribution in [1.82, 2.24) is 15.7 Å². The Morgan fingerprint density at radius 3 is 2.73 bits per heavy atom. The van der Waals surface area contributed by atoms with E-state index in [0.29, 0.717) is 10.7 Å². The van der Waals surface area contributed by atoms with E-state index in [2.05, 4.69) is 21.2 Å². The lowest BCUT2D eigenvalue weighted by atomic mass is 10.2. The first-order chi connectivity index (χ1) is 10.7. The van der Waals surface area contributed by atoms with Crippen LogP contribution in [-0.2, 0) is 6.54 Å². The lowest BCUT2D eigenvalue weighted by molar-refractivity contribution is 0.242. The molecule has 1 heterocycles. The summed E-state index contributed by atoms with van der Waals surface area (Å²) in [6.07, 6.45) is 0. The topological polar surface area (TPSA) is 66.1 Å². The molecule has 3 rings (SSSR count). The molecule has 0 spiro atoms. The van der Waals surface area contributed by atoms with Crippen LogP contribution in [0.5, 0.6) is 0 Å². The fourth-order valence-corrected chi connectivity index (χ4v) is 2.72. The third-order valence-electron chi connectivity index (χ3n) is 2.97. The Labute approximate surface area is 130 Å². The zero-order valence-corrected chi connectivity index (χ0v) is 12.3. The number of urea groups is 1. The molecule has 0 radical (unpaired) electrons. The highest BCUT2D eigenvalue weighted by Gasteiger charge is 2.06. The molecule has 0 atom stereocenters. The van der Waals surface area contributed by atoms with Crippen molar-refractivity contribution in [3.63, 3.8) is 0 Å². The SMILES string of the molecule is O=C(NCc1ccccc1F)NNc1nc2ccccc2s1. The average Bonchev–Trinajstić information content (AvgIpc) is 2.95. The molecular formula is C15H13FN4OS. The summed E-state index contributed by atoms with van der Waals surface area (Å²) in [6, 6.07) is 13.5. The van der Waals surface area contributed by atoms with E-state index in [-0.39, 0.29) is 12.4 Å². The summed E-state index contributed by atoms with van der Waals surface area (Å²) < 4.78 is 14.4. The number of carbonyl (C=O) groups is 1. The van der Waals surface area contributed by atoms with Crippen LogP contribution in [0.15, 0.2) is 48.5 Å². The number of hydrogen-bond donors (Lipinski definition) is 3. The van der Waals surface area contributed by atoms with Gasteiger partial charge in [-0.15, -0.1) is 0 Å².